The Morgan fingerprint density at radius 2 is 1.95 bits per heavy atom. The molecule has 1 aliphatic carbocycles. The predicted octanol–water partition coefficient (Wildman–Crippen LogP) is 2.02. The minimum absolute atomic E-state index is 0.256. The topological polar surface area (TPSA) is 57.2 Å². The van der Waals surface area contributed by atoms with Crippen molar-refractivity contribution in [3.05, 3.63) is 5.28 Å². The highest BCUT2D eigenvalue weighted by Gasteiger charge is 2.34. The van der Waals surface area contributed by atoms with E-state index in [0.29, 0.717) is 17.9 Å². The Kier molecular flexibility index (Phi) is 4.45. The zero-order valence-corrected chi connectivity index (χ0v) is 13.5. The quantitative estimate of drug-likeness (QED) is 0.867. The fourth-order valence-electron chi connectivity index (χ4n) is 2.91. The third-order valence-corrected chi connectivity index (χ3v) is 4.43. The summed E-state index contributed by atoms with van der Waals surface area (Å²) in [5.74, 6) is 1.25. The van der Waals surface area contributed by atoms with Crippen LogP contribution in [-0.2, 0) is 0 Å². The first-order valence-electron chi connectivity index (χ1n) is 7.86. The van der Waals surface area contributed by atoms with E-state index in [1.165, 1.54) is 19.4 Å². The van der Waals surface area contributed by atoms with Gasteiger partial charge in [-0.05, 0) is 44.7 Å². The van der Waals surface area contributed by atoms with Crippen molar-refractivity contribution >= 4 is 23.5 Å². The lowest BCUT2D eigenvalue weighted by Crippen LogP contribution is -2.29. The molecule has 1 unspecified atom stereocenters. The molecular weight excluding hydrogens is 288 g/mol. The second-order valence-corrected chi connectivity index (χ2v) is 6.09. The molecule has 1 saturated heterocycles. The number of anilines is 2. The van der Waals surface area contributed by atoms with Gasteiger partial charge in [-0.1, -0.05) is 0 Å². The minimum atomic E-state index is 0.256. The number of halogens is 1. The molecule has 1 saturated carbocycles. The van der Waals surface area contributed by atoms with E-state index >= 15 is 0 Å². The van der Waals surface area contributed by atoms with Gasteiger partial charge in [0.2, 0.25) is 17.2 Å². The van der Waals surface area contributed by atoms with Gasteiger partial charge in [0.15, 0.2) is 0 Å². The zero-order chi connectivity index (χ0) is 14.8. The highest BCUT2D eigenvalue weighted by Crippen LogP contribution is 2.30. The molecule has 116 valence electrons. The Morgan fingerprint density at radius 3 is 2.62 bits per heavy atom. The average Bonchev–Trinajstić information content (AvgIpc) is 3.21. The summed E-state index contributed by atoms with van der Waals surface area (Å²) >= 11 is 6.04. The molecular formula is C14H23ClN6. The highest BCUT2D eigenvalue weighted by atomic mass is 35.5. The molecule has 1 aromatic heterocycles. The lowest BCUT2D eigenvalue weighted by molar-refractivity contribution is 0.326. The molecule has 0 spiro atoms. The van der Waals surface area contributed by atoms with Crippen LogP contribution in [0.15, 0.2) is 0 Å². The first kappa shape index (κ1) is 14.8. The van der Waals surface area contributed by atoms with E-state index in [2.05, 4.69) is 43.9 Å². The van der Waals surface area contributed by atoms with Crippen molar-refractivity contribution in [2.45, 2.75) is 45.2 Å². The number of aromatic nitrogens is 3. The molecule has 2 heterocycles. The predicted molar refractivity (Wildman–Crippen MR) is 85.0 cm³/mol. The fourth-order valence-corrected chi connectivity index (χ4v) is 3.07. The number of rotatable bonds is 6. The van der Waals surface area contributed by atoms with Crippen LogP contribution >= 0.6 is 11.6 Å². The van der Waals surface area contributed by atoms with E-state index in [1.54, 1.807) is 0 Å². The van der Waals surface area contributed by atoms with Gasteiger partial charge >= 0.3 is 0 Å². The van der Waals surface area contributed by atoms with Gasteiger partial charge in [0.1, 0.15) is 0 Å². The van der Waals surface area contributed by atoms with Gasteiger partial charge in [-0.15, -0.1) is 0 Å². The van der Waals surface area contributed by atoms with Crippen LogP contribution < -0.4 is 10.2 Å². The Labute approximate surface area is 130 Å². The van der Waals surface area contributed by atoms with E-state index in [1.807, 2.05) is 0 Å². The molecule has 0 amide bonds. The summed E-state index contributed by atoms with van der Waals surface area (Å²) in [6.45, 7) is 8.13. The van der Waals surface area contributed by atoms with Crippen molar-refractivity contribution in [3.8, 4) is 0 Å². The average molecular weight is 311 g/mol. The van der Waals surface area contributed by atoms with Crippen molar-refractivity contribution in [1.29, 1.82) is 0 Å². The molecule has 1 aliphatic heterocycles. The molecule has 1 atom stereocenters. The normalized spacial score (nSPS) is 22.5. The second kappa shape index (κ2) is 6.32. The maximum absolute atomic E-state index is 6.04. The van der Waals surface area contributed by atoms with Gasteiger partial charge < -0.3 is 10.2 Å². The standard InChI is InChI=1S/C14H23ClN6/c1-3-20(4-2)14-18-12(15)17-13(19-14)16-10-7-8-21(9-10)11-5-6-11/h10-11H,3-9H2,1-2H3,(H,16,17,18,19). The van der Waals surface area contributed by atoms with Crippen molar-refractivity contribution in [2.24, 2.45) is 0 Å². The van der Waals surface area contributed by atoms with Crippen LogP contribution in [0.4, 0.5) is 11.9 Å². The Hall–Kier alpha value is -1.14. The summed E-state index contributed by atoms with van der Waals surface area (Å²) in [4.78, 5) is 17.6. The Balaban J connectivity index is 1.67. The summed E-state index contributed by atoms with van der Waals surface area (Å²) in [5.41, 5.74) is 0. The van der Waals surface area contributed by atoms with Crippen LogP contribution in [0.1, 0.15) is 33.1 Å². The third kappa shape index (κ3) is 3.55. The first-order valence-corrected chi connectivity index (χ1v) is 8.24. The molecule has 0 radical (unpaired) electrons. The van der Waals surface area contributed by atoms with Crippen LogP contribution in [0, 0.1) is 0 Å². The summed E-state index contributed by atoms with van der Waals surface area (Å²) in [6.07, 6.45) is 3.85. The molecule has 7 heteroatoms. The molecule has 2 aliphatic rings. The Morgan fingerprint density at radius 1 is 1.19 bits per heavy atom. The lowest BCUT2D eigenvalue weighted by Gasteiger charge is -2.20. The van der Waals surface area contributed by atoms with E-state index in [-0.39, 0.29) is 5.28 Å². The Bertz CT molecular complexity index is 488. The monoisotopic (exact) mass is 310 g/mol. The van der Waals surface area contributed by atoms with Crippen molar-refractivity contribution in [2.75, 3.05) is 36.4 Å². The maximum Gasteiger partial charge on any atom is 0.231 e. The first-order chi connectivity index (χ1) is 10.2. The van der Waals surface area contributed by atoms with Gasteiger partial charge in [-0.25, -0.2) is 0 Å². The van der Waals surface area contributed by atoms with Crippen LogP contribution in [0.2, 0.25) is 5.28 Å². The van der Waals surface area contributed by atoms with E-state index in [0.717, 1.165) is 32.1 Å². The molecule has 1 aromatic rings. The summed E-state index contributed by atoms with van der Waals surface area (Å²) in [6, 6.07) is 1.23. The molecule has 3 rings (SSSR count). The van der Waals surface area contributed by atoms with E-state index in [9.17, 15) is 0 Å². The molecule has 2 fully saturated rings. The lowest BCUT2D eigenvalue weighted by atomic mass is 10.3. The molecule has 1 N–H and O–H groups in total. The number of nitrogens with one attached hydrogen (secondary N) is 1. The van der Waals surface area contributed by atoms with Crippen LogP contribution in [0.3, 0.4) is 0 Å². The number of nitrogens with zero attached hydrogens (tertiary/aromatic N) is 5. The van der Waals surface area contributed by atoms with Crippen LogP contribution in [0.5, 0.6) is 0 Å². The molecule has 21 heavy (non-hydrogen) atoms. The summed E-state index contributed by atoms with van der Waals surface area (Å²) < 4.78 is 0. The zero-order valence-electron chi connectivity index (χ0n) is 12.7. The smallest absolute Gasteiger partial charge is 0.231 e. The fraction of sp³-hybridized carbons (Fsp3) is 0.786. The van der Waals surface area contributed by atoms with Crippen LogP contribution in [0.25, 0.3) is 0 Å². The highest BCUT2D eigenvalue weighted by molar-refractivity contribution is 6.28. The van der Waals surface area contributed by atoms with Gasteiger partial charge in [-0.2, -0.15) is 15.0 Å². The van der Waals surface area contributed by atoms with Gasteiger partial charge in [0.05, 0.1) is 0 Å². The number of hydrogen-bond acceptors (Lipinski definition) is 6. The van der Waals surface area contributed by atoms with Crippen molar-refractivity contribution in [1.82, 2.24) is 19.9 Å². The van der Waals surface area contributed by atoms with Gasteiger partial charge in [0.25, 0.3) is 0 Å². The molecule has 6 nitrogen and oxygen atoms in total. The largest absolute Gasteiger partial charge is 0.350 e. The molecule has 0 bridgehead atoms. The second-order valence-electron chi connectivity index (χ2n) is 5.76. The van der Waals surface area contributed by atoms with Gasteiger partial charge in [0, 0.05) is 38.3 Å². The van der Waals surface area contributed by atoms with Gasteiger partial charge in [-0.3, -0.25) is 4.90 Å². The molecule has 0 aromatic carbocycles. The third-order valence-electron chi connectivity index (χ3n) is 4.26. The van der Waals surface area contributed by atoms with E-state index in [4.69, 9.17) is 11.6 Å². The minimum Gasteiger partial charge on any atom is -0.350 e. The number of hydrogen-bond donors (Lipinski definition) is 1. The number of likely N-dealkylation sites (tertiary alicyclic amines) is 1. The van der Waals surface area contributed by atoms with Crippen LogP contribution in [-0.4, -0.2) is 58.1 Å². The summed E-state index contributed by atoms with van der Waals surface area (Å²) in [7, 11) is 0. The van der Waals surface area contributed by atoms with E-state index < -0.39 is 0 Å². The SMILES string of the molecule is CCN(CC)c1nc(Cl)nc(NC2CCN(C3CC3)C2)n1. The van der Waals surface area contributed by atoms with Crippen molar-refractivity contribution < 1.29 is 0 Å². The van der Waals surface area contributed by atoms with Crippen molar-refractivity contribution in [3.63, 3.8) is 0 Å². The summed E-state index contributed by atoms with van der Waals surface area (Å²) in [5, 5.41) is 3.68. The maximum atomic E-state index is 6.04.